The Bertz CT molecular complexity index is 1210. The highest BCUT2D eigenvalue weighted by molar-refractivity contribution is 9.10. The minimum atomic E-state index is -0.746. The van der Waals surface area contributed by atoms with E-state index in [1.165, 1.54) is 24.3 Å². The summed E-state index contributed by atoms with van der Waals surface area (Å²) >= 11 is 3.40. The van der Waals surface area contributed by atoms with E-state index in [1.54, 1.807) is 12.1 Å². The van der Waals surface area contributed by atoms with E-state index in [0.29, 0.717) is 11.1 Å². The van der Waals surface area contributed by atoms with Crippen molar-refractivity contribution in [2.24, 2.45) is 0 Å². The summed E-state index contributed by atoms with van der Waals surface area (Å²) in [5.74, 6) is -1.39. The van der Waals surface area contributed by atoms with Gasteiger partial charge in [-0.3, -0.25) is 4.79 Å². The summed E-state index contributed by atoms with van der Waals surface area (Å²) < 4.78 is 20.1. The van der Waals surface area contributed by atoms with Gasteiger partial charge in [-0.15, -0.1) is 5.10 Å². The van der Waals surface area contributed by atoms with Gasteiger partial charge in [0.1, 0.15) is 12.4 Å². The molecule has 0 N–H and O–H groups in total. The molecule has 0 radical (unpaired) electrons. The first-order chi connectivity index (χ1) is 14.0. The molecule has 7 heteroatoms. The van der Waals surface area contributed by atoms with E-state index in [4.69, 9.17) is 4.42 Å². The van der Waals surface area contributed by atoms with Crippen molar-refractivity contribution < 1.29 is 13.6 Å². The summed E-state index contributed by atoms with van der Waals surface area (Å²) in [6.07, 6.45) is 0. The van der Waals surface area contributed by atoms with Crippen LogP contribution in [-0.2, 0) is 6.54 Å². The third kappa shape index (κ3) is 4.25. The van der Waals surface area contributed by atoms with Crippen LogP contribution in [-0.4, -0.2) is 15.6 Å². The molecule has 0 aliphatic rings. The molecule has 4 aromatic rings. The first-order valence-corrected chi connectivity index (χ1v) is 9.52. The molecule has 0 saturated heterocycles. The molecule has 0 atom stereocenters. The largest absolute Gasteiger partial charge is 0.437 e. The van der Waals surface area contributed by atoms with Crippen LogP contribution in [0.5, 0.6) is 0 Å². The Morgan fingerprint density at radius 2 is 1.45 bits per heavy atom. The second-order valence-electron chi connectivity index (χ2n) is 6.35. The van der Waals surface area contributed by atoms with Crippen LogP contribution in [0.25, 0.3) is 22.6 Å². The molecule has 0 saturated carbocycles. The van der Waals surface area contributed by atoms with Gasteiger partial charge < -0.3 is 4.42 Å². The molecule has 0 bridgehead atoms. The molecule has 3 aromatic carbocycles. The van der Waals surface area contributed by atoms with Crippen LogP contribution in [0.3, 0.4) is 0 Å². The molecule has 0 aliphatic carbocycles. The smallest absolute Gasteiger partial charge is 0.388 e. The van der Waals surface area contributed by atoms with Gasteiger partial charge in [0.25, 0.3) is 0 Å². The number of halogens is 2. The van der Waals surface area contributed by atoms with Gasteiger partial charge in [0.15, 0.2) is 5.78 Å². The highest BCUT2D eigenvalue weighted by Crippen LogP contribution is 2.22. The molecule has 1 aromatic heterocycles. The average Bonchev–Trinajstić information content (AvgIpc) is 3.09. The van der Waals surface area contributed by atoms with E-state index in [9.17, 15) is 14.0 Å². The lowest BCUT2D eigenvalue weighted by atomic mass is 10.0. The molecule has 0 unspecified atom stereocenters. The second-order valence-corrected chi connectivity index (χ2v) is 7.26. The molecule has 0 fully saturated rings. The molecule has 1 heterocycles. The fourth-order valence-electron chi connectivity index (χ4n) is 2.83. The SMILES string of the molecule is O=C(Cn1nc(-c2ccc(F)cc2)oc1=O)c1ccc(-c2ccc(Br)cc2)cc1. The van der Waals surface area contributed by atoms with Gasteiger partial charge in [-0.1, -0.05) is 52.3 Å². The van der Waals surface area contributed by atoms with E-state index in [0.717, 1.165) is 20.3 Å². The van der Waals surface area contributed by atoms with E-state index in [2.05, 4.69) is 21.0 Å². The predicted octanol–water partition coefficient (Wildman–Crippen LogP) is 4.95. The van der Waals surface area contributed by atoms with Crippen molar-refractivity contribution in [3.8, 4) is 22.6 Å². The van der Waals surface area contributed by atoms with Crippen molar-refractivity contribution in [3.63, 3.8) is 0 Å². The third-order valence-electron chi connectivity index (χ3n) is 4.38. The lowest BCUT2D eigenvalue weighted by molar-refractivity contribution is 0.0965. The number of carbonyl (C=O) groups is 1. The molecular formula is C22H14BrFN2O3. The summed E-state index contributed by atoms with van der Waals surface area (Å²) in [6, 6.07) is 20.4. The average molecular weight is 453 g/mol. The van der Waals surface area contributed by atoms with Gasteiger partial charge in [-0.25, -0.2) is 9.18 Å². The monoisotopic (exact) mass is 452 g/mol. The topological polar surface area (TPSA) is 65.1 Å². The van der Waals surface area contributed by atoms with Crippen LogP contribution < -0.4 is 5.76 Å². The van der Waals surface area contributed by atoms with Crippen LogP contribution in [0.15, 0.2) is 86.5 Å². The van der Waals surface area contributed by atoms with Crippen LogP contribution in [0, 0.1) is 5.82 Å². The Hall–Kier alpha value is -3.32. The summed E-state index contributed by atoms with van der Waals surface area (Å²) in [6.45, 7) is -0.249. The van der Waals surface area contributed by atoms with Crippen molar-refractivity contribution in [2.45, 2.75) is 6.54 Å². The zero-order valence-corrected chi connectivity index (χ0v) is 16.6. The Kier molecular flexibility index (Phi) is 5.22. The summed E-state index contributed by atoms with van der Waals surface area (Å²) in [5.41, 5.74) is 2.92. The van der Waals surface area contributed by atoms with Gasteiger partial charge in [-0.2, -0.15) is 4.68 Å². The van der Waals surface area contributed by atoms with Gasteiger partial charge in [0.05, 0.1) is 0 Å². The number of Topliss-reactive ketones (excluding diaryl/α,β-unsaturated/α-hetero) is 1. The van der Waals surface area contributed by atoms with Crippen LogP contribution >= 0.6 is 15.9 Å². The zero-order valence-electron chi connectivity index (χ0n) is 15.0. The predicted molar refractivity (Wildman–Crippen MR) is 110 cm³/mol. The number of rotatable bonds is 5. The number of ketones is 1. The molecule has 29 heavy (non-hydrogen) atoms. The summed E-state index contributed by atoms with van der Waals surface area (Å²) in [4.78, 5) is 24.6. The molecule has 0 spiro atoms. The number of carbonyl (C=O) groups excluding carboxylic acids is 1. The third-order valence-corrected chi connectivity index (χ3v) is 4.90. The lowest BCUT2D eigenvalue weighted by Crippen LogP contribution is -2.21. The Morgan fingerprint density at radius 3 is 2.07 bits per heavy atom. The van der Waals surface area contributed by atoms with Crippen molar-refractivity contribution >= 4 is 21.7 Å². The van der Waals surface area contributed by atoms with E-state index in [1.807, 2.05) is 36.4 Å². The standard InChI is InChI=1S/C22H14BrFN2O3/c23-18-9-5-15(6-10-18)14-1-3-16(4-2-14)20(27)13-26-22(28)29-21(25-26)17-7-11-19(24)12-8-17/h1-12H,13H2. The first kappa shape index (κ1) is 19.0. The van der Waals surface area contributed by atoms with Crippen molar-refractivity contribution in [2.75, 3.05) is 0 Å². The maximum absolute atomic E-state index is 13.0. The number of hydrogen-bond acceptors (Lipinski definition) is 4. The molecule has 4 rings (SSSR count). The Morgan fingerprint density at radius 1 is 0.897 bits per heavy atom. The fourth-order valence-corrected chi connectivity index (χ4v) is 3.10. The second kappa shape index (κ2) is 7.97. The van der Waals surface area contributed by atoms with Gasteiger partial charge in [0.2, 0.25) is 5.89 Å². The van der Waals surface area contributed by atoms with Gasteiger partial charge >= 0.3 is 5.76 Å². The number of nitrogens with zero attached hydrogens (tertiary/aromatic N) is 2. The highest BCUT2D eigenvalue weighted by Gasteiger charge is 2.15. The highest BCUT2D eigenvalue weighted by atomic mass is 79.9. The molecule has 0 amide bonds. The fraction of sp³-hybridized carbons (Fsp3) is 0.0455. The van der Waals surface area contributed by atoms with Gasteiger partial charge in [0, 0.05) is 15.6 Å². The number of benzene rings is 3. The minimum absolute atomic E-state index is 0.0355. The number of aromatic nitrogens is 2. The van der Waals surface area contributed by atoms with Crippen LogP contribution in [0.1, 0.15) is 10.4 Å². The molecule has 0 aliphatic heterocycles. The molecule has 144 valence electrons. The van der Waals surface area contributed by atoms with E-state index >= 15 is 0 Å². The maximum atomic E-state index is 13.0. The molecule has 5 nitrogen and oxygen atoms in total. The van der Waals surface area contributed by atoms with E-state index < -0.39 is 11.6 Å². The van der Waals surface area contributed by atoms with Crippen molar-refractivity contribution in [1.82, 2.24) is 9.78 Å². The van der Waals surface area contributed by atoms with Crippen molar-refractivity contribution in [1.29, 1.82) is 0 Å². The normalized spacial score (nSPS) is 10.8. The maximum Gasteiger partial charge on any atom is 0.437 e. The van der Waals surface area contributed by atoms with Gasteiger partial charge in [-0.05, 0) is 47.5 Å². The zero-order chi connectivity index (χ0) is 20.4. The Balaban J connectivity index is 1.51. The molecular weight excluding hydrogens is 439 g/mol. The first-order valence-electron chi connectivity index (χ1n) is 8.73. The number of hydrogen-bond donors (Lipinski definition) is 0. The quantitative estimate of drug-likeness (QED) is 0.401. The lowest BCUT2D eigenvalue weighted by Gasteiger charge is -2.04. The van der Waals surface area contributed by atoms with Crippen molar-refractivity contribution in [3.05, 3.63) is 99.2 Å². The summed E-state index contributed by atoms with van der Waals surface area (Å²) in [5, 5.41) is 4.04. The van der Waals surface area contributed by atoms with Crippen LogP contribution in [0.4, 0.5) is 4.39 Å². The Labute approximate surface area is 173 Å². The van der Waals surface area contributed by atoms with Crippen LogP contribution in [0.2, 0.25) is 0 Å². The summed E-state index contributed by atoms with van der Waals surface area (Å²) in [7, 11) is 0. The van der Waals surface area contributed by atoms with E-state index in [-0.39, 0.29) is 18.2 Å². The minimum Gasteiger partial charge on any atom is -0.388 e.